The number of hydrogen-bond donors (Lipinski definition) is 2. The first-order chi connectivity index (χ1) is 14.4. The maximum absolute atomic E-state index is 12.7. The van der Waals surface area contributed by atoms with Crippen molar-refractivity contribution in [3.05, 3.63) is 71.8 Å². The number of esters is 2. The van der Waals surface area contributed by atoms with Gasteiger partial charge in [-0.25, -0.2) is 4.79 Å². The van der Waals surface area contributed by atoms with E-state index in [0.29, 0.717) is 11.1 Å². The van der Waals surface area contributed by atoms with E-state index >= 15 is 0 Å². The molecule has 0 bridgehead atoms. The Morgan fingerprint density at radius 2 is 1.57 bits per heavy atom. The molecule has 8 nitrogen and oxygen atoms in total. The van der Waals surface area contributed by atoms with Crippen LogP contribution in [0.15, 0.2) is 60.7 Å². The van der Waals surface area contributed by atoms with Crippen LogP contribution in [0.4, 0.5) is 0 Å². The first kappa shape index (κ1) is 23.0. The standard InChI is InChI=1S/C21H22N2O6S/c1-28-21(27)19(29-17(25)13-30-12-16(22)24)18(14-8-4-2-5-9-14)23-20(26)15-10-6-3-7-11-15/h2-11,18-19H,12-13H2,1H3,(H2,22,24)(H,23,26)/t18-,19+/m0/s1. The number of nitrogens with two attached hydrogens (primary N) is 1. The van der Waals surface area contributed by atoms with Gasteiger partial charge in [-0.3, -0.25) is 14.4 Å². The van der Waals surface area contributed by atoms with E-state index in [1.54, 1.807) is 60.7 Å². The Hall–Kier alpha value is -3.33. The molecule has 0 saturated carbocycles. The first-order valence-electron chi connectivity index (χ1n) is 8.96. The Morgan fingerprint density at radius 3 is 2.13 bits per heavy atom. The average Bonchev–Trinajstić information content (AvgIpc) is 2.76. The zero-order valence-corrected chi connectivity index (χ0v) is 17.1. The van der Waals surface area contributed by atoms with E-state index < -0.39 is 35.9 Å². The smallest absolute Gasteiger partial charge is 0.349 e. The van der Waals surface area contributed by atoms with Crippen LogP contribution in [-0.4, -0.2) is 48.5 Å². The van der Waals surface area contributed by atoms with Gasteiger partial charge in [0, 0.05) is 5.56 Å². The average molecular weight is 430 g/mol. The highest BCUT2D eigenvalue weighted by atomic mass is 32.2. The largest absolute Gasteiger partial charge is 0.466 e. The molecule has 0 aliphatic carbocycles. The summed E-state index contributed by atoms with van der Waals surface area (Å²) in [5.41, 5.74) is 5.98. The van der Waals surface area contributed by atoms with Gasteiger partial charge in [0.25, 0.3) is 5.91 Å². The monoisotopic (exact) mass is 430 g/mol. The van der Waals surface area contributed by atoms with E-state index in [2.05, 4.69) is 5.32 Å². The van der Waals surface area contributed by atoms with E-state index in [-0.39, 0.29) is 11.5 Å². The van der Waals surface area contributed by atoms with Crippen LogP contribution in [0.3, 0.4) is 0 Å². The maximum Gasteiger partial charge on any atom is 0.349 e. The van der Waals surface area contributed by atoms with Crippen molar-refractivity contribution >= 4 is 35.5 Å². The number of carbonyl (C=O) groups is 4. The number of ether oxygens (including phenoxy) is 2. The molecule has 0 aliphatic rings. The fourth-order valence-electron chi connectivity index (χ4n) is 2.59. The van der Waals surface area contributed by atoms with Gasteiger partial charge in [-0.2, -0.15) is 0 Å². The van der Waals surface area contributed by atoms with Crippen molar-refractivity contribution in [3.8, 4) is 0 Å². The van der Waals surface area contributed by atoms with Gasteiger partial charge >= 0.3 is 11.9 Å². The van der Waals surface area contributed by atoms with Gasteiger partial charge in [-0.05, 0) is 17.7 Å². The molecule has 30 heavy (non-hydrogen) atoms. The molecule has 2 amide bonds. The number of primary amides is 1. The van der Waals surface area contributed by atoms with Gasteiger partial charge in [0.2, 0.25) is 12.0 Å². The Balaban J connectivity index is 2.26. The molecule has 2 atom stereocenters. The second kappa shape index (κ2) is 11.6. The lowest BCUT2D eigenvalue weighted by Gasteiger charge is -2.26. The highest BCUT2D eigenvalue weighted by Crippen LogP contribution is 2.22. The third-order valence-electron chi connectivity index (χ3n) is 3.94. The van der Waals surface area contributed by atoms with Gasteiger partial charge in [0.1, 0.15) is 6.04 Å². The van der Waals surface area contributed by atoms with Crippen molar-refractivity contribution in [1.29, 1.82) is 0 Å². The molecule has 0 aromatic heterocycles. The minimum absolute atomic E-state index is 0.0646. The van der Waals surface area contributed by atoms with Crippen molar-refractivity contribution < 1.29 is 28.7 Å². The van der Waals surface area contributed by atoms with Crippen LogP contribution in [0, 0.1) is 0 Å². The SMILES string of the molecule is COC(=O)[C@H](OC(=O)CSCC(N)=O)[C@@H](NC(=O)c1ccccc1)c1ccccc1. The predicted octanol–water partition coefficient (Wildman–Crippen LogP) is 1.46. The second-order valence-corrected chi connectivity index (χ2v) is 7.11. The maximum atomic E-state index is 12.7. The molecule has 9 heteroatoms. The molecule has 0 radical (unpaired) electrons. The second-order valence-electron chi connectivity index (χ2n) is 6.12. The van der Waals surface area contributed by atoms with Gasteiger partial charge in [0.15, 0.2) is 0 Å². The number of benzene rings is 2. The van der Waals surface area contributed by atoms with Crippen LogP contribution in [0.25, 0.3) is 0 Å². The molecule has 2 aromatic rings. The van der Waals surface area contributed by atoms with Crippen molar-refractivity contribution in [2.24, 2.45) is 5.73 Å². The highest BCUT2D eigenvalue weighted by molar-refractivity contribution is 8.00. The molecule has 0 spiro atoms. The number of amides is 2. The predicted molar refractivity (Wildman–Crippen MR) is 112 cm³/mol. The first-order valence-corrected chi connectivity index (χ1v) is 10.1. The molecule has 0 aliphatic heterocycles. The third kappa shape index (κ3) is 6.93. The Bertz CT molecular complexity index is 876. The summed E-state index contributed by atoms with van der Waals surface area (Å²) in [5, 5.41) is 2.75. The van der Waals surface area contributed by atoms with Crippen LogP contribution in [-0.2, 0) is 23.9 Å². The van der Waals surface area contributed by atoms with Crippen LogP contribution in [0.2, 0.25) is 0 Å². The van der Waals surface area contributed by atoms with E-state index in [0.717, 1.165) is 18.9 Å². The quantitative estimate of drug-likeness (QED) is 0.547. The fourth-order valence-corrected chi connectivity index (χ4v) is 3.13. The van der Waals surface area contributed by atoms with E-state index in [1.165, 1.54) is 0 Å². The van der Waals surface area contributed by atoms with Crippen LogP contribution in [0.5, 0.6) is 0 Å². The Morgan fingerprint density at radius 1 is 0.967 bits per heavy atom. The van der Waals surface area contributed by atoms with Gasteiger partial charge in [0.05, 0.1) is 18.6 Å². The molecule has 0 fully saturated rings. The Kier molecular flexibility index (Phi) is 8.89. The minimum Gasteiger partial charge on any atom is -0.466 e. The van der Waals surface area contributed by atoms with E-state index in [4.69, 9.17) is 15.2 Å². The molecule has 2 rings (SSSR count). The fraction of sp³-hybridized carbons (Fsp3) is 0.238. The summed E-state index contributed by atoms with van der Waals surface area (Å²) in [4.78, 5) is 48.2. The summed E-state index contributed by atoms with van der Waals surface area (Å²) in [6.45, 7) is 0. The van der Waals surface area contributed by atoms with E-state index in [9.17, 15) is 19.2 Å². The van der Waals surface area contributed by atoms with Gasteiger partial charge in [-0.1, -0.05) is 48.5 Å². The highest BCUT2D eigenvalue weighted by Gasteiger charge is 2.35. The zero-order valence-electron chi connectivity index (χ0n) is 16.3. The lowest BCUT2D eigenvalue weighted by Crippen LogP contribution is -2.43. The third-order valence-corrected chi connectivity index (χ3v) is 4.87. The number of thioether (sulfide) groups is 1. The number of methoxy groups -OCH3 is 1. The summed E-state index contributed by atoms with van der Waals surface area (Å²) < 4.78 is 10.1. The van der Waals surface area contributed by atoms with Crippen molar-refractivity contribution in [1.82, 2.24) is 5.32 Å². The van der Waals surface area contributed by atoms with Crippen molar-refractivity contribution in [2.45, 2.75) is 12.1 Å². The zero-order chi connectivity index (χ0) is 21.9. The molecular weight excluding hydrogens is 408 g/mol. The van der Waals surface area contributed by atoms with Crippen LogP contribution < -0.4 is 11.1 Å². The minimum atomic E-state index is -1.42. The number of carbonyl (C=O) groups excluding carboxylic acids is 4. The summed E-state index contributed by atoms with van der Waals surface area (Å²) in [7, 11) is 1.16. The number of rotatable bonds is 10. The molecule has 2 aromatic carbocycles. The summed E-state index contributed by atoms with van der Waals surface area (Å²) >= 11 is 0.961. The molecule has 0 unspecified atom stereocenters. The summed E-state index contributed by atoms with van der Waals surface area (Å²) in [5.74, 6) is -2.85. The van der Waals surface area contributed by atoms with Crippen molar-refractivity contribution in [3.63, 3.8) is 0 Å². The number of nitrogens with one attached hydrogen (secondary N) is 1. The molecule has 3 N–H and O–H groups in total. The van der Waals surface area contributed by atoms with Gasteiger partial charge in [-0.15, -0.1) is 11.8 Å². The normalized spacial score (nSPS) is 12.3. The van der Waals surface area contributed by atoms with E-state index in [1.807, 2.05) is 0 Å². The molecule has 0 heterocycles. The Labute approximate surface area is 178 Å². The lowest BCUT2D eigenvalue weighted by atomic mass is 10.0. The van der Waals surface area contributed by atoms with Crippen molar-refractivity contribution in [2.75, 3.05) is 18.6 Å². The van der Waals surface area contributed by atoms with Gasteiger partial charge < -0.3 is 20.5 Å². The van der Waals surface area contributed by atoms with Crippen LogP contribution in [0.1, 0.15) is 22.0 Å². The molecule has 0 saturated heterocycles. The molecule has 158 valence electrons. The molecular formula is C21H22N2O6S. The van der Waals surface area contributed by atoms with Crippen LogP contribution >= 0.6 is 11.8 Å². The number of hydrogen-bond acceptors (Lipinski definition) is 7. The summed E-state index contributed by atoms with van der Waals surface area (Å²) in [6.07, 6.45) is -1.42. The topological polar surface area (TPSA) is 125 Å². The summed E-state index contributed by atoms with van der Waals surface area (Å²) in [6, 6.07) is 16.1. The lowest BCUT2D eigenvalue weighted by molar-refractivity contribution is -0.166.